The van der Waals surface area contributed by atoms with Gasteiger partial charge in [-0.3, -0.25) is 9.59 Å². The minimum absolute atomic E-state index is 0.267. The molecule has 0 aromatic heterocycles. The normalized spacial score (nSPS) is 12.3. The zero-order chi connectivity index (χ0) is 20.2. The standard InChI is InChI=1S/C18H18Cl2N2O4S/c1-11-3-5-15(6-4-11)21-17(23)10-27(25,26)12(2)18(24)22-16-8-13(19)7-14(20)9-16/h3-9,12H,10H2,1-2H3,(H,21,23)(H,22,24). The van der Waals surface area contributed by atoms with Gasteiger partial charge in [0.2, 0.25) is 11.8 Å². The Morgan fingerprint density at radius 1 is 0.963 bits per heavy atom. The van der Waals surface area contributed by atoms with E-state index in [9.17, 15) is 18.0 Å². The minimum atomic E-state index is -4.02. The van der Waals surface area contributed by atoms with Crippen LogP contribution < -0.4 is 10.6 Å². The number of aryl methyl sites for hydroxylation is 1. The van der Waals surface area contributed by atoms with Crippen LogP contribution in [0.1, 0.15) is 12.5 Å². The van der Waals surface area contributed by atoms with Gasteiger partial charge in [0.1, 0.15) is 11.0 Å². The molecule has 2 rings (SSSR count). The van der Waals surface area contributed by atoms with Crippen molar-refractivity contribution in [2.24, 2.45) is 0 Å². The maximum Gasteiger partial charge on any atom is 0.242 e. The Morgan fingerprint density at radius 3 is 2.07 bits per heavy atom. The van der Waals surface area contributed by atoms with E-state index in [0.29, 0.717) is 15.7 Å². The van der Waals surface area contributed by atoms with Crippen LogP contribution in [0.3, 0.4) is 0 Å². The molecule has 2 N–H and O–H groups in total. The Morgan fingerprint density at radius 2 is 1.52 bits per heavy atom. The second-order valence-corrected chi connectivity index (χ2v) is 9.21. The highest BCUT2D eigenvalue weighted by Crippen LogP contribution is 2.23. The molecule has 27 heavy (non-hydrogen) atoms. The SMILES string of the molecule is Cc1ccc(NC(=O)CS(=O)(=O)C(C)C(=O)Nc2cc(Cl)cc(Cl)c2)cc1. The summed E-state index contributed by atoms with van der Waals surface area (Å²) in [6.45, 7) is 3.11. The molecule has 0 heterocycles. The predicted octanol–water partition coefficient (Wildman–Crippen LogP) is 3.68. The zero-order valence-electron chi connectivity index (χ0n) is 14.6. The van der Waals surface area contributed by atoms with Crippen LogP contribution in [0.4, 0.5) is 11.4 Å². The third kappa shape index (κ3) is 6.23. The van der Waals surface area contributed by atoms with Crippen LogP contribution in [0, 0.1) is 6.92 Å². The van der Waals surface area contributed by atoms with Crippen molar-refractivity contribution in [1.29, 1.82) is 0 Å². The average Bonchev–Trinajstić information content (AvgIpc) is 2.54. The van der Waals surface area contributed by atoms with Crippen LogP contribution in [-0.2, 0) is 19.4 Å². The van der Waals surface area contributed by atoms with Gasteiger partial charge in [-0.05, 0) is 44.2 Å². The molecule has 2 aromatic rings. The van der Waals surface area contributed by atoms with Crippen LogP contribution in [0.25, 0.3) is 0 Å². The first-order valence-corrected chi connectivity index (χ1v) is 10.4. The molecule has 0 fully saturated rings. The molecule has 0 aliphatic rings. The van der Waals surface area contributed by atoms with Crippen molar-refractivity contribution in [3.63, 3.8) is 0 Å². The number of hydrogen-bond acceptors (Lipinski definition) is 4. The maximum atomic E-state index is 12.4. The van der Waals surface area contributed by atoms with Crippen molar-refractivity contribution < 1.29 is 18.0 Å². The second-order valence-electron chi connectivity index (χ2n) is 6.01. The quantitative estimate of drug-likeness (QED) is 0.733. The molecule has 6 nitrogen and oxygen atoms in total. The Bertz CT molecular complexity index is 940. The molecule has 0 bridgehead atoms. The summed E-state index contributed by atoms with van der Waals surface area (Å²) in [6.07, 6.45) is 0. The molecule has 0 spiro atoms. The Kier molecular flexibility index (Phi) is 6.86. The van der Waals surface area contributed by atoms with Crippen LogP contribution in [0.2, 0.25) is 10.0 Å². The fraction of sp³-hybridized carbons (Fsp3) is 0.222. The fourth-order valence-corrected chi connectivity index (χ4v) is 3.77. The van der Waals surface area contributed by atoms with Crippen molar-refractivity contribution >= 4 is 56.2 Å². The van der Waals surface area contributed by atoms with E-state index in [1.54, 1.807) is 24.3 Å². The molecule has 0 saturated heterocycles. The number of nitrogens with one attached hydrogen (secondary N) is 2. The average molecular weight is 429 g/mol. The van der Waals surface area contributed by atoms with Crippen molar-refractivity contribution in [3.05, 3.63) is 58.1 Å². The predicted molar refractivity (Wildman–Crippen MR) is 108 cm³/mol. The zero-order valence-corrected chi connectivity index (χ0v) is 17.0. The molecule has 2 aromatic carbocycles. The second kappa shape index (κ2) is 8.73. The number of anilines is 2. The summed E-state index contributed by atoms with van der Waals surface area (Å²) in [5, 5.41) is 4.10. The van der Waals surface area contributed by atoms with E-state index >= 15 is 0 Å². The molecule has 0 radical (unpaired) electrons. The van der Waals surface area contributed by atoms with Crippen LogP contribution in [0.5, 0.6) is 0 Å². The molecule has 1 unspecified atom stereocenters. The molecular weight excluding hydrogens is 411 g/mol. The van der Waals surface area contributed by atoms with E-state index in [0.717, 1.165) is 5.56 Å². The number of carbonyl (C=O) groups excluding carboxylic acids is 2. The van der Waals surface area contributed by atoms with Crippen molar-refractivity contribution in [1.82, 2.24) is 0 Å². The fourth-order valence-electron chi connectivity index (χ4n) is 2.17. The van der Waals surface area contributed by atoms with E-state index in [2.05, 4.69) is 10.6 Å². The molecule has 0 aliphatic carbocycles. The third-order valence-corrected chi connectivity index (χ3v) is 6.10. The monoisotopic (exact) mass is 428 g/mol. The summed E-state index contributed by atoms with van der Waals surface area (Å²) < 4.78 is 24.8. The lowest BCUT2D eigenvalue weighted by molar-refractivity contribution is -0.115. The van der Waals surface area contributed by atoms with Crippen LogP contribution in [0.15, 0.2) is 42.5 Å². The molecule has 9 heteroatoms. The lowest BCUT2D eigenvalue weighted by Gasteiger charge is -2.14. The summed E-state index contributed by atoms with van der Waals surface area (Å²) in [6, 6.07) is 11.3. The molecule has 1 atom stereocenters. The summed E-state index contributed by atoms with van der Waals surface area (Å²) in [7, 11) is -4.02. The van der Waals surface area contributed by atoms with Gasteiger partial charge in [-0.15, -0.1) is 0 Å². The van der Waals surface area contributed by atoms with Gasteiger partial charge in [0.05, 0.1) is 0 Å². The van der Waals surface area contributed by atoms with Crippen LogP contribution >= 0.6 is 23.2 Å². The lowest BCUT2D eigenvalue weighted by Crippen LogP contribution is -2.37. The van der Waals surface area contributed by atoms with E-state index < -0.39 is 32.7 Å². The number of benzene rings is 2. The molecule has 0 aliphatic heterocycles. The van der Waals surface area contributed by atoms with Gasteiger partial charge < -0.3 is 10.6 Å². The summed E-state index contributed by atoms with van der Waals surface area (Å²) in [5.41, 5.74) is 1.75. The number of hydrogen-bond donors (Lipinski definition) is 2. The van der Waals surface area contributed by atoms with Gasteiger partial charge >= 0.3 is 0 Å². The number of rotatable bonds is 6. The van der Waals surface area contributed by atoms with Crippen molar-refractivity contribution in [3.8, 4) is 0 Å². The number of halogens is 2. The maximum absolute atomic E-state index is 12.4. The first kappa shape index (κ1) is 21.2. The van der Waals surface area contributed by atoms with E-state index in [4.69, 9.17) is 23.2 Å². The van der Waals surface area contributed by atoms with Crippen molar-refractivity contribution in [2.75, 3.05) is 16.4 Å². The highest BCUT2D eigenvalue weighted by Gasteiger charge is 2.30. The summed E-state index contributed by atoms with van der Waals surface area (Å²) in [5.74, 6) is -2.31. The minimum Gasteiger partial charge on any atom is -0.325 e. The van der Waals surface area contributed by atoms with Gasteiger partial charge in [0.25, 0.3) is 0 Å². The number of sulfone groups is 1. The topological polar surface area (TPSA) is 92.3 Å². The van der Waals surface area contributed by atoms with Gasteiger partial charge in [-0.25, -0.2) is 8.42 Å². The van der Waals surface area contributed by atoms with Gasteiger partial charge in [0, 0.05) is 21.4 Å². The van der Waals surface area contributed by atoms with Gasteiger partial charge in [-0.2, -0.15) is 0 Å². The smallest absolute Gasteiger partial charge is 0.242 e. The first-order valence-electron chi connectivity index (χ1n) is 7.92. The Hall–Kier alpha value is -2.09. The highest BCUT2D eigenvalue weighted by molar-refractivity contribution is 7.93. The number of carbonyl (C=O) groups is 2. The Labute approximate surface area is 167 Å². The largest absolute Gasteiger partial charge is 0.325 e. The van der Waals surface area contributed by atoms with E-state index in [1.807, 2.05) is 6.92 Å². The van der Waals surface area contributed by atoms with Crippen LogP contribution in [-0.4, -0.2) is 31.2 Å². The van der Waals surface area contributed by atoms with Gasteiger partial charge in [0.15, 0.2) is 9.84 Å². The highest BCUT2D eigenvalue weighted by atomic mass is 35.5. The third-order valence-electron chi connectivity index (χ3n) is 3.71. The summed E-state index contributed by atoms with van der Waals surface area (Å²) in [4.78, 5) is 24.3. The Balaban J connectivity index is 2.02. The molecule has 144 valence electrons. The molecular formula is C18H18Cl2N2O4S. The molecule has 0 saturated carbocycles. The van der Waals surface area contributed by atoms with Crippen molar-refractivity contribution in [2.45, 2.75) is 19.1 Å². The molecule has 2 amide bonds. The first-order chi connectivity index (χ1) is 12.6. The van der Waals surface area contributed by atoms with E-state index in [-0.39, 0.29) is 5.69 Å². The van der Waals surface area contributed by atoms with E-state index in [1.165, 1.54) is 25.1 Å². The number of amides is 2. The summed E-state index contributed by atoms with van der Waals surface area (Å²) >= 11 is 11.7. The van der Waals surface area contributed by atoms with Gasteiger partial charge in [-0.1, -0.05) is 40.9 Å². The lowest BCUT2D eigenvalue weighted by atomic mass is 10.2.